The van der Waals surface area contributed by atoms with Crippen molar-refractivity contribution in [1.29, 1.82) is 0 Å². The molecule has 1 amide bonds. The van der Waals surface area contributed by atoms with E-state index in [1.807, 2.05) is 6.08 Å². The molecule has 0 radical (unpaired) electrons. The normalized spacial score (nSPS) is 13.7. The highest BCUT2D eigenvalue weighted by atomic mass is 16.3. The average molecular weight is 846 g/mol. The van der Waals surface area contributed by atoms with E-state index in [9.17, 15) is 15.0 Å². The first kappa shape index (κ1) is 58.3. The minimum atomic E-state index is -0.861. The van der Waals surface area contributed by atoms with Crippen LogP contribution in [-0.4, -0.2) is 34.9 Å². The van der Waals surface area contributed by atoms with Gasteiger partial charge in [0, 0.05) is 6.42 Å². The largest absolute Gasteiger partial charge is 0.394 e. The van der Waals surface area contributed by atoms with Gasteiger partial charge in [-0.15, -0.1) is 0 Å². The SMILES string of the molecule is CC/C=C\C/C=C\C/C=C\C/C=C\C/C=C\C/C=C\CCCCCCCCCCCCCCCCCCCCCCCCC(=O)NC(CO)C(O)/C=C/CC/C=C/CCCC. The lowest BCUT2D eigenvalue weighted by molar-refractivity contribution is -0.123. The van der Waals surface area contributed by atoms with E-state index in [4.69, 9.17) is 0 Å². The van der Waals surface area contributed by atoms with Gasteiger partial charge in [-0.05, 0) is 77.0 Å². The average Bonchev–Trinajstić information content (AvgIpc) is 3.26. The Bertz CT molecular complexity index is 1140. The third kappa shape index (κ3) is 48.2. The molecule has 0 aliphatic heterocycles. The fraction of sp³-hybridized carbons (Fsp3) is 0.702. The predicted octanol–water partition coefficient (Wildman–Crippen LogP) is 17.0. The number of carbonyl (C=O) groups excluding carboxylic acids is 1. The van der Waals surface area contributed by atoms with Crippen molar-refractivity contribution >= 4 is 5.91 Å². The number of nitrogens with one attached hydrogen (secondary N) is 1. The Balaban J connectivity index is 3.42. The molecule has 350 valence electrons. The van der Waals surface area contributed by atoms with E-state index in [2.05, 4.69) is 104 Å². The van der Waals surface area contributed by atoms with E-state index in [-0.39, 0.29) is 12.5 Å². The summed E-state index contributed by atoms with van der Waals surface area (Å²) < 4.78 is 0. The Labute approximate surface area is 379 Å². The molecule has 0 aliphatic carbocycles. The topological polar surface area (TPSA) is 69.6 Å². The molecule has 0 bridgehead atoms. The number of carbonyl (C=O) groups is 1. The van der Waals surface area contributed by atoms with Crippen molar-refractivity contribution in [2.45, 2.75) is 251 Å². The lowest BCUT2D eigenvalue weighted by Gasteiger charge is -2.19. The van der Waals surface area contributed by atoms with Gasteiger partial charge in [0.1, 0.15) is 0 Å². The van der Waals surface area contributed by atoms with Gasteiger partial charge in [0.2, 0.25) is 5.91 Å². The summed E-state index contributed by atoms with van der Waals surface area (Å²) in [4.78, 5) is 12.3. The van der Waals surface area contributed by atoms with E-state index in [1.165, 1.54) is 148 Å². The molecule has 2 atom stereocenters. The summed E-state index contributed by atoms with van der Waals surface area (Å²) in [7, 11) is 0. The van der Waals surface area contributed by atoms with Crippen LogP contribution in [-0.2, 0) is 4.79 Å². The maximum absolute atomic E-state index is 12.3. The van der Waals surface area contributed by atoms with Gasteiger partial charge in [-0.3, -0.25) is 4.79 Å². The molecule has 0 heterocycles. The van der Waals surface area contributed by atoms with E-state index in [1.54, 1.807) is 6.08 Å². The number of aliphatic hydroxyl groups is 2. The lowest BCUT2D eigenvalue weighted by atomic mass is 10.0. The van der Waals surface area contributed by atoms with Gasteiger partial charge in [0.15, 0.2) is 0 Å². The number of allylic oxidation sites excluding steroid dienone is 15. The van der Waals surface area contributed by atoms with E-state index >= 15 is 0 Å². The van der Waals surface area contributed by atoms with Crippen LogP contribution in [0.5, 0.6) is 0 Å². The predicted molar refractivity (Wildman–Crippen MR) is 271 cm³/mol. The van der Waals surface area contributed by atoms with Crippen LogP contribution in [0.4, 0.5) is 0 Å². The standard InChI is InChI=1S/C57H99NO3/c1-3-5-7-9-11-13-14-15-16-17-18-19-20-21-22-23-24-25-26-27-28-29-30-31-32-33-34-35-36-37-38-39-40-41-42-43-44-45-47-49-51-53-57(61)58-55(54-59)56(60)52-50-48-46-12-10-8-6-4-2/h5,7,10-13,15-16,18-19,21-22,24-25,50,52,55-56,59-60H,3-4,6,8-9,14,17,20,23,26-49,51,53-54H2,1-2H3,(H,58,61)/b7-5-,12-10+,13-11-,16-15-,19-18-,22-21-,25-24-,52-50+. The van der Waals surface area contributed by atoms with Crippen molar-refractivity contribution in [1.82, 2.24) is 5.32 Å². The first-order chi connectivity index (χ1) is 30.2. The number of hydrogen-bond donors (Lipinski definition) is 3. The molecule has 0 aromatic carbocycles. The number of aliphatic hydroxyl groups excluding tert-OH is 2. The van der Waals surface area contributed by atoms with Crippen molar-refractivity contribution < 1.29 is 15.0 Å². The summed E-state index contributed by atoms with van der Waals surface area (Å²) in [5.41, 5.74) is 0. The van der Waals surface area contributed by atoms with Crippen molar-refractivity contribution in [3.8, 4) is 0 Å². The van der Waals surface area contributed by atoms with Crippen molar-refractivity contribution in [2.24, 2.45) is 0 Å². The Morgan fingerprint density at radius 3 is 1.15 bits per heavy atom. The summed E-state index contributed by atoms with van der Waals surface area (Å²) in [5.74, 6) is -0.0777. The highest BCUT2D eigenvalue weighted by molar-refractivity contribution is 5.76. The second-order valence-corrected chi connectivity index (χ2v) is 17.2. The Kier molecular flexibility index (Phi) is 49.4. The number of hydrogen-bond acceptors (Lipinski definition) is 3. The molecule has 0 saturated carbocycles. The van der Waals surface area contributed by atoms with Gasteiger partial charge < -0.3 is 15.5 Å². The smallest absolute Gasteiger partial charge is 0.220 e. The quantitative estimate of drug-likeness (QED) is 0.0422. The molecular formula is C57H99NO3. The molecule has 0 spiro atoms. The number of amides is 1. The van der Waals surface area contributed by atoms with Crippen molar-refractivity contribution in [2.75, 3.05) is 6.61 Å². The van der Waals surface area contributed by atoms with Gasteiger partial charge in [-0.1, -0.05) is 252 Å². The summed E-state index contributed by atoms with van der Waals surface area (Å²) in [6.07, 6.45) is 77.3. The van der Waals surface area contributed by atoms with Crippen LogP contribution < -0.4 is 5.32 Å². The molecule has 2 unspecified atom stereocenters. The maximum Gasteiger partial charge on any atom is 0.220 e. The van der Waals surface area contributed by atoms with E-state index in [0.29, 0.717) is 6.42 Å². The lowest BCUT2D eigenvalue weighted by Crippen LogP contribution is -2.45. The first-order valence-electron chi connectivity index (χ1n) is 26.0. The summed E-state index contributed by atoms with van der Waals surface area (Å²) in [6.45, 7) is 4.10. The van der Waals surface area contributed by atoms with Crippen LogP contribution in [0.3, 0.4) is 0 Å². The highest BCUT2D eigenvalue weighted by Gasteiger charge is 2.17. The van der Waals surface area contributed by atoms with Gasteiger partial charge in [0.05, 0.1) is 18.8 Å². The van der Waals surface area contributed by atoms with Gasteiger partial charge in [-0.2, -0.15) is 0 Å². The number of rotatable bonds is 46. The second kappa shape index (κ2) is 51.7. The zero-order valence-electron chi connectivity index (χ0n) is 40.2. The second-order valence-electron chi connectivity index (χ2n) is 17.2. The summed E-state index contributed by atoms with van der Waals surface area (Å²) in [5, 5.41) is 22.8. The molecular weight excluding hydrogens is 747 g/mol. The Morgan fingerprint density at radius 1 is 0.410 bits per heavy atom. The molecule has 0 rings (SSSR count). The number of unbranched alkanes of at least 4 members (excludes halogenated alkanes) is 25. The highest BCUT2D eigenvalue weighted by Crippen LogP contribution is 2.16. The Morgan fingerprint density at radius 2 is 0.738 bits per heavy atom. The van der Waals surface area contributed by atoms with Crippen LogP contribution in [0, 0.1) is 0 Å². The third-order valence-electron chi connectivity index (χ3n) is 11.3. The molecule has 4 heteroatoms. The monoisotopic (exact) mass is 846 g/mol. The molecule has 0 aromatic rings. The van der Waals surface area contributed by atoms with Gasteiger partial charge in [-0.25, -0.2) is 0 Å². The molecule has 3 N–H and O–H groups in total. The third-order valence-corrected chi connectivity index (χ3v) is 11.3. The van der Waals surface area contributed by atoms with Crippen LogP contribution in [0.1, 0.15) is 239 Å². The minimum absolute atomic E-state index is 0.0777. The fourth-order valence-corrected chi connectivity index (χ4v) is 7.36. The molecule has 61 heavy (non-hydrogen) atoms. The summed E-state index contributed by atoms with van der Waals surface area (Å²) in [6, 6.07) is -0.638. The fourth-order valence-electron chi connectivity index (χ4n) is 7.36. The first-order valence-corrected chi connectivity index (χ1v) is 26.0. The zero-order valence-corrected chi connectivity index (χ0v) is 40.2. The Hall–Kier alpha value is -2.69. The van der Waals surface area contributed by atoms with Crippen LogP contribution >= 0.6 is 0 Å². The van der Waals surface area contributed by atoms with Crippen LogP contribution in [0.15, 0.2) is 97.2 Å². The van der Waals surface area contributed by atoms with Crippen LogP contribution in [0.2, 0.25) is 0 Å². The zero-order chi connectivity index (χ0) is 44.2. The molecule has 0 aliphatic rings. The van der Waals surface area contributed by atoms with Crippen LogP contribution in [0.25, 0.3) is 0 Å². The molecule has 0 fully saturated rings. The van der Waals surface area contributed by atoms with E-state index < -0.39 is 12.1 Å². The summed E-state index contributed by atoms with van der Waals surface area (Å²) >= 11 is 0. The molecule has 4 nitrogen and oxygen atoms in total. The van der Waals surface area contributed by atoms with Gasteiger partial charge in [0.25, 0.3) is 0 Å². The van der Waals surface area contributed by atoms with Crippen molar-refractivity contribution in [3.63, 3.8) is 0 Å². The maximum atomic E-state index is 12.3. The molecule has 0 aromatic heterocycles. The molecule has 0 saturated heterocycles. The minimum Gasteiger partial charge on any atom is -0.394 e. The van der Waals surface area contributed by atoms with Crippen molar-refractivity contribution in [3.05, 3.63) is 97.2 Å². The van der Waals surface area contributed by atoms with Gasteiger partial charge >= 0.3 is 0 Å². The van der Waals surface area contributed by atoms with E-state index in [0.717, 1.165) is 70.6 Å².